The van der Waals surface area contributed by atoms with Crippen molar-refractivity contribution in [3.63, 3.8) is 0 Å². The molecule has 0 radical (unpaired) electrons. The van der Waals surface area contributed by atoms with Crippen molar-refractivity contribution in [2.45, 2.75) is 38.1 Å². The molecule has 2 N–H and O–H groups in total. The number of nitrogens with one attached hydrogen (secondary N) is 1. The normalized spacial score (nSPS) is 22.4. The van der Waals surface area contributed by atoms with Gasteiger partial charge in [-0.25, -0.2) is 0 Å². The molecular weight excluding hydrogens is 330 g/mol. The van der Waals surface area contributed by atoms with Crippen molar-refractivity contribution in [2.24, 2.45) is 5.92 Å². The Kier molecular flexibility index (Phi) is 4.99. The third kappa shape index (κ3) is 4.31. The fourth-order valence-electron chi connectivity index (χ4n) is 2.36. The first-order chi connectivity index (χ1) is 9.04. The predicted molar refractivity (Wildman–Crippen MR) is 77.2 cm³/mol. The van der Waals surface area contributed by atoms with Crippen LogP contribution >= 0.6 is 27.3 Å². The number of aryl methyl sites for hydroxylation is 1. The van der Waals surface area contributed by atoms with E-state index in [4.69, 9.17) is 5.11 Å². The number of carbonyl (C=O) groups excluding carboxylic acids is 1. The molecule has 1 saturated carbocycles. The Hall–Kier alpha value is -0.880. The number of amides is 1. The van der Waals surface area contributed by atoms with Crippen LogP contribution in [0.2, 0.25) is 0 Å². The highest BCUT2D eigenvalue weighted by atomic mass is 79.9. The lowest BCUT2D eigenvalue weighted by molar-refractivity contribution is -0.141. The average Bonchev–Trinajstić information content (AvgIpc) is 2.96. The van der Waals surface area contributed by atoms with Gasteiger partial charge in [0.2, 0.25) is 5.91 Å². The van der Waals surface area contributed by atoms with Gasteiger partial charge in [0.1, 0.15) is 0 Å². The predicted octanol–water partition coefficient (Wildman–Crippen LogP) is 2.81. The Balaban J connectivity index is 1.72. The Bertz CT molecular complexity index is 474. The van der Waals surface area contributed by atoms with Gasteiger partial charge < -0.3 is 10.4 Å². The second-order valence-corrected chi connectivity index (χ2v) is 6.76. The van der Waals surface area contributed by atoms with E-state index >= 15 is 0 Å². The molecule has 4 nitrogen and oxygen atoms in total. The zero-order valence-electron chi connectivity index (χ0n) is 10.4. The van der Waals surface area contributed by atoms with Gasteiger partial charge in [-0.2, -0.15) is 0 Å². The van der Waals surface area contributed by atoms with Crippen LogP contribution in [0.5, 0.6) is 0 Å². The fourth-order valence-corrected chi connectivity index (χ4v) is 3.81. The molecule has 0 aliphatic heterocycles. The number of carboxylic acid groups (broad SMARTS) is 1. The third-order valence-corrected chi connectivity index (χ3v) is 5.12. The lowest BCUT2D eigenvalue weighted by atomic mass is 10.1. The second-order valence-electron chi connectivity index (χ2n) is 4.84. The van der Waals surface area contributed by atoms with Crippen molar-refractivity contribution in [3.8, 4) is 0 Å². The van der Waals surface area contributed by atoms with Crippen LogP contribution < -0.4 is 5.32 Å². The van der Waals surface area contributed by atoms with Crippen LogP contribution in [0, 0.1) is 5.92 Å². The maximum absolute atomic E-state index is 11.8. The summed E-state index contributed by atoms with van der Waals surface area (Å²) in [6, 6.07) is 2.05. The van der Waals surface area contributed by atoms with E-state index in [1.54, 1.807) is 11.3 Å². The largest absolute Gasteiger partial charge is 0.481 e. The topological polar surface area (TPSA) is 66.4 Å². The number of carbonyl (C=O) groups is 2. The summed E-state index contributed by atoms with van der Waals surface area (Å²) in [7, 11) is 0. The molecule has 1 fully saturated rings. The van der Waals surface area contributed by atoms with E-state index < -0.39 is 5.97 Å². The maximum atomic E-state index is 11.8. The number of carboxylic acids is 1. The van der Waals surface area contributed by atoms with Crippen LogP contribution in [0.15, 0.2) is 15.9 Å². The van der Waals surface area contributed by atoms with E-state index in [0.717, 1.165) is 17.3 Å². The second kappa shape index (κ2) is 6.52. The highest BCUT2D eigenvalue weighted by Crippen LogP contribution is 2.26. The Morgan fingerprint density at radius 2 is 2.26 bits per heavy atom. The first-order valence-corrected chi connectivity index (χ1v) is 7.97. The zero-order chi connectivity index (χ0) is 13.8. The minimum atomic E-state index is -0.750. The molecule has 1 aromatic heterocycles. The molecule has 1 aliphatic carbocycles. The molecular formula is C13H16BrNO3S. The number of aliphatic carboxylic acids is 1. The number of hydrogen-bond acceptors (Lipinski definition) is 3. The first kappa shape index (κ1) is 14.5. The molecule has 2 atom stereocenters. The maximum Gasteiger partial charge on any atom is 0.306 e. The molecule has 0 saturated heterocycles. The van der Waals surface area contributed by atoms with Gasteiger partial charge >= 0.3 is 5.97 Å². The zero-order valence-corrected chi connectivity index (χ0v) is 12.8. The number of thiophene rings is 1. The van der Waals surface area contributed by atoms with Gasteiger partial charge in [0, 0.05) is 27.2 Å². The van der Waals surface area contributed by atoms with Gasteiger partial charge in [-0.3, -0.25) is 9.59 Å². The van der Waals surface area contributed by atoms with Gasteiger partial charge in [0.05, 0.1) is 5.92 Å². The number of hydrogen-bond donors (Lipinski definition) is 2. The quantitative estimate of drug-likeness (QED) is 0.862. The van der Waals surface area contributed by atoms with Crippen molar-refractivity contribution in [2.75, 3.05) is 0 Å². The third-order valence-electron chi connectivity index (χ3n) is 3.37. The van der Waals surface area contributed by atoms with E-state index in [1.165, 1.54) is 4.88 Å². The monoisotopic (exact) mass is 345 g/mol. The van der Waals surface area contributed by atoms with Crippen molar-refractivity contribution >= 4 is 39.1 Å². The number of halogens is 1. The van der Waals surface area contributed by atoms with Gasteiger partial charge in [0.15, 0.2) is 0 Å². The van der Waals surface area contributed by atoms with E-state index in [1.807, 2.05) is 11.4 Å². The summed E-state index contributed by atoms with van der Waals surface area (Å²) >= 11 is 5.02. The molecule has 0 bridgehead atoms. The van der Waals surface area contributed by atoms with Crippen LogP contribution in [0.4, 0.5) is 0 Å². The lowest BCUT2D eigenvalue weighted by Gasteiger charge is -2.12. The summed E-state index contributed by atoms with van der Waals surface area (Å²) in [4.78, 5) is 23.8. The molecule has 1 amide bonds. The Morgan fingerprint density at radius 1 is 1.47 bits per heavy atom. The summed E-state index contributed by atoms with van der Waals surface area (Å²) in [6.07, 6.45) is 3.19. The molecule has 0 aromatic carbocycles. The summed E-state index contributed by atoms with van der Waals surface area (Å²) in [5.74, 6) is -1.03. The standard InChI is InChI=1S/C13H16BrNO3S/c14-9-6-11(19-7-9)3-4-12(16)15-10-2-1-8(5-10)13(17)18/h6-8,10H,1-5H2,(H,15,16)(H,17,18)/t8-,10+/m0/s1. The van der Waals surface area contributed by atoms with Crippen LogP contribution in [-0.4, -0.2) is 23.0 Å². The van der Waals surface area contributed by atoms with Crippen LogP contribution in [0.1, 0.15) is 30.6 Å². The van der Waals surface area contributed by atoms with Crippen molar-refractivity contribution < 1.29 is 14.7 Å². The molecule has 1 aliphatic rings. The molecule has 0 spiro atoms. The minimum Gasteiger partial charge on any atom is -0.481 e. The van der Waals surface area contributed by atoms with E-state index in [0.29, 0.717) is 19.3 Å². The summed E-state index contributed by atoms with van der Waals surface area (Å²) in [6.45, 7) is 0. The highest BCUT2D eigenvalue weighted by molar-refractivity contribution is 9.10. The molecule has 6 heteroatoms. The first-order valence-electron chi connectivity index (χ1n) is 6.29. The van der Waals surface area contributed by atoms with E-state index in [2.05, 4.69) is 21.2 Å². The minimum absolute atomic E-state index is 0.0144. The van der Waals surface area contributed by atoms with Crippen LogP contribution in [0.3, 0.4) is 0 Å². The van der Waals surface area contributed by atoms with Crippen molar-refractivity contribution in [3.05, 3.63) is 20.8 Å². The summed E-state index contributed by atoms with van der Waals surface area (Å²) in [5.41, 5.74) is 0. The van der Waals surface area contributed by atoms with Gasteiger partial charge in [-0.15, -0.1) is 11.3 Å². The Morgan fingerprint density at radius 3 is 2.84 bits per heavy atom. The van der Waals surface area contributed by atoms with Gasteiger partial charge in [-0.1, -0.05) is 0 Å². The lowest BCUT2D eigenvalue weighted by Crippen LogP contribution is -2.33. The molecule has 1 aromatic rings. The van der Waals surface area contributed by atoms with Gasteiger partial charge in [-0.05, 0) is 47.7 Å². The molecule has 19 heavy (non-hydrogen) atoms. The molecule has 1 heterocycles. The van der Waals surface area contributed by atoms with E-state index in [-0.39, 0.29) is 17.9 Å². The van der Waals surface area contributed by atoms with Crippen molar-refractivity contribution in [1.29, 1.82) is 0 Å². The molecule has 0 unspecified atom stereocenters. The Labute approximate surface area is 124 Å². The summed E-state index contributed by atoms with van der Waals surface area (Å²) < 4.78 is 1.05. The van der Waals surface area contributed by atoms with E-state index in [9.17, 15) is 9.59 Å². The number of rotatable bonds is 5. The fraction of sp³-hybridized carbons (Fsp3) is 0.538. The van der Waals surface area contributed by atoms with Crippen LogP contribution in [0.25, 0.3) is 0 Å². The smallest absolute Gasteiger partial charge is 0.306 e. The van der Waals surface area contributed by atoms with Gasteiger partial charge in [0.25, 0.3) is 0 Å². The molecule has 104 valence electrons. The average molecular weight is 346 g/mol. The van der Waals surface area contributed by atoms with Crippen molar-refractivity contribution in [1.82, 2.24) is 5.32 Å². The molecule has 2 rings (SSSR count). The van der Waals surface area contributed by atoms with Crippen LogP contribution in [-0.2, 0) is 16.0 Å². The SMILES string of the molecule is O=C(CCc1cc(Br)cs1)N[C@@H]1CC[C@H](C(=O)O)C1. The highest BCUT2D eigenvalue weighted by Gasteiger charge is 2.30. The summed E-state index contributed by atoms with van der Waals surface area (Å²) in [5, 5.41) is 13.8.